The van der Waals surface area contributed by atoms with Gasteiger partial charge in [-0.05, 0) is 63.5 Å². The van der Waals surface area contributed by atoms with Gasteiger partial charge in [0.15, 0.2) is 0 Å². The number of alkyl halides is 3. The van der Waals surface area contributed by atoms with Crippen LogP contribution in [-0.2, 0) is 10.9 Å². The van der Waals surface area contributed by atoms with Crippen LogP contribution in [-0.4, -0.2) is 39.6 Å². The Morgan fingerprint density at radius 1 is 1.24 bits per heavy atom. The van der Waals surface area contributed by atoms with E-state index in [1.807, 2.05) is 39.0 Å². The number of benzene rings is 1. The predicted molar refractivity (Wildman–Crippen MR) is 140 cm³/mol. The Kier molecular flexibility index (Phi) is 7.37. The number of nitro groups is 1. The number of nitro benzene ring substituents is 1. The molecule has 8 nitrogen and oxygen atoms in total. The van der Waals surface area contributed by atoms with Gasteiger partial charge in [-0.15, -0.1) is 11.3 Å². The topological polar surface area (TPSA) is 97.6 Å². The number of halogens is 3. The fourth-order valence-electron chi connectivity index (χ4n) is 4.06. The molecule has 0 fully saturated rings. The van der Waals surface area contributed by atoms with Crippen LogP contribution in [0.2, 0.25) is 0 Å². The predicted octanol–water partition coefficient (Wildman–Crippen LogP) is 7.42. The van der Waals surface area contributed by atoms with Crippen LogP contribution in [0.15, 0.2) is 42.6 Å². The summed E-state index contributed by atoms with van der Waals surface area (Å²) in [6, 6.07) is 5.70. The summed E-state index contributed by atoms with van der Waals surface area (Å²) >= 11 is 1.55. The van der Waals surface area contributed by atoms with Gasteiger partial charge in [0.2, 0.25) is 0 Å². The van der Waals surface area contributed by atoms with E-state index in [0.29, 0.717) is 31.4 Å². The Balaban J connectivity index is 1.57. The number of nitrogens with one attached hydrogen (secondary N) is 1. The Morgan fingerprint density at radius 2 is 1.97 bits per heavy atom. The Bertz CT molecular complexity index is 1410. The molecule has 1 aromatic carbocycles. The van der Waals surface area contributed by atoms with Gasteiger partial charge in [-0.1, -0.05) is 6.08 Å². The fourth-order valence-corrected chi connectivity index (χ4v) is 5.19. The first-order valence-electron chi connectivity index (χ1n) is 11.9. The van der Waals surface area contributed by atoms with Crippen molar-refractivity contribution in [1.29, 1.82) is 0 Å². The van der Waals surface area contributed by atoms with Gasteiger partial charge >= 0.3 is 12.3 Å². The molecule has 1 aliphatic heterocycles. The monoisotopic (exact) mass is 548 g/mol. The molecule has 3 aromatic rings. The summed E-state index contributed by atoms with van der Waals surface area (Å²) < 4.78 is 46.4. The summed E-state index contributed by atoms with van der Waals surface area (Å²) in [5.41, 5.74) is -1.07. The third-order valence-corrected chi connectivity index (χ3v) is 7.13. The number of rotatable bonds is 5. The normalized spacial score (nSPS) is 15.2. The molecule has 2 aromatic heterocycles. The van der Waals surface area contributed by atoms with Crippen molar-refractivity contribution in [2.24, 2.45) is 0 Å². The van der Waals surface area contributed by atoms with Crippen molar-refractivity contribution >= 4 is 44.6 Å². The van der Waals surface area contributed by atoms with Crippen LogP contribution < -0.4 is 5.32 Å². The van der Waals surface area contributed by atoms with Crippen LogP contribution in [0, 0.1) is 10.1 Å². The molecule has 4 rings (SSSR count). The van der Waals surface area contributed by atoms with Crippen LogP contribution >= 0.6 is 11.3 Å². The maximum atomic E-state index is 13.3. The Hall–Kier alpha value is -3.67. The highest BCUT2D eigenvalue weighted by molar-refractivity contribution is 7.20. The molecule has 3 heterocycles. The van der Waals surface area contributed by atoms with E-state index in [1.165, 1.54) is 0 Å². The van der Waals surface area contributed by atoms with Crippen molar-refractivity contribution in [1.82, 2.24) is 9.88 Å². The average Bonchev–Trinajstić information content (AvgIpc) is 3.27. The lowest BCUT2D eigenvalue weighted by atomic mass is 10.0. The summed E-state index contributed by atoms with van der Waals surface area (Å²) in [5, 5.41) is 15.1. The number of anilines is 1. The zero-order valence-electron chi connectivity index (χ0n) is 21.3. The van der Waals surface area contributed by atoms with E-state index < -0.39 is 34.0 Å². The molecule has 202 valence electrons. The first-order valence-corrected chi connectivity index (χ1v) is 12.7. The third kappa shape index (κ3) is 6.24. The third-order valence-electron chi connectivity index (χ3n) is 5.95. The Morgan fingerprint density at radius 3 is 2.58 bits per heavy atom. The summed E-state index contributed by atoms with van der Waals surface area (Å²) in [6.45, 7) is 8.03. The van der Waals surface area contributed by atoms with Gasteiger partial charge in [-0.25, -0.2) is 9.78 Å². The molecule has 0 bridgehead atoms. The second-order valence-electron chi connectivity index (χ2n) is 10.0. The SMILES string of the molecule is C[C@@H](Nc1nccc2sc(C3=CCN(C(=O)OC(C)(C)C)CC3)cc12)c1cc([N+](=O)[O-])cc(C(F)(F)F)c1. The highest BCUT2D eigenvalue weighted by atomic mass is 32.1. The van der Waals surface area contributed by atoms with Crippen molar-refractivity contribution in [3.8, 4) is 0 Å². The van der Waals surface area contributed by atoms with Gasteiger partial charge in [0.25, 0.3) is 5.69 Å². The number of hydrogen-bond acceptors (Lipinski definition) is 7. The van der Waals surface area contributed by atoms with E-state index in [2.05, 4.69) is 10.3 Å². The van der Waals surface area contributed by atoms with E-state index in [9.17, 15) is 28.1 Å². The van der Waals surface area contributed by atoms with Gasteiger partial charge in [-0.3, -0.25) is 10.1 Å². The van der Waals surface area contributed by atoms with E-state index in [0.717, 1.165) is 32.7 Å². The van der Waals surface area contributed by atoms with Crippen molar-refractivity contribution in [3.05, 3.63) is 68.7 Å². The molecule has 0 radical (unpaired) electrons. The van der Waals surface area contributed by atoms with Crippen LogP contribution in [0.1, 0.15) is 56.2 Å². The molecule has 0 unspecified atom stereocenters. The largest absolute Gasteiger partial charge is 0.444 e. The number of thiophene rings is 1. The number of carbonyl (C=O) groups excluding carboxylic acids is 1. The molecule has 1 aliphatic rings. The van der Waals surface area contributed by atoms with Gasteiger partial charge in [0.05, 0.1) is 16.5 Å². The number of fused-ring (bicyclic) bond motifs is 1. The van der Waals surface area contributed by atoms with Crippen LogP contribution in [0.5, 0.6) is 0 Å². The van der Waals surface area contributed by atoms with Crippen molar-refractivity contribution in [2.45, 2.75) is 51.9 Å². The maximum Gasteiger partial charge on any atom is 0.416 e. The highest BCUT2D eigenvalue weighted by Gasteiger charge is 2.33. The molecule has 1 atom stereocenters. The first kappa shape index (κ1) is 27.4. The summed E-state index contributed by atoms with van der Waals surface area (Å²) in [6.07, 6.45) is -0.835. The van der Waals surface area contributed by atoms with Gasteiger partial charge in [0.1, 0.15) is 11.4 Å². The Labute approximate surface area is 221 Å². The second kappa shape index (κ2) is 10.2. The van der Waals surface area contributed by atoms with E-state index >= 15 is 0 Å². The molecule has 1 N–H and O–H groups in total. The minimum atomic E-state index is -4.71. The summed E-state index contributed by atoms with van der Waals surface area (Å²) in [5.74, 6) is 0.462. The van der Waals surface area contributed by atoms with Crippen LogP contribution in [0.25, 0.3) is 15.7 Å². The molecule has 1 amide bonds. The number of nitrogens with zero attached hydrogens (tertiary/aromatic N) is 3. The number of amides is 1. The number of carbonyl (C=O) groups is 1. The number of aromatic nitrogens is 1. The van der Waals surface area contributed by atoms with Crippen molar-refractivity contribution in [3.63, 3.8) is 0 Å². The van der Waals surface area contributed by atoms with Gasteiger partial charge in [0, 0.05) is 46.4 Å². The zero-order valence-corrected chi connectivity index (χ0v) is 22.1. The smallest absolute Gasteiger partial charge is 0.416 e. The molecule has 12 heteroatoms. The molecule has 38 heavy (non-hydrogen) atoms. The lowest BCUT2D eigenvalue weighted by Crippen LogP contribution is -2.39. The lowest BCUT2D eigenvalue weighted by Gasteiger charge is -2.29. The molecule has 0 saturated heterocycles. The van der Waals surface area contributed by atoms with Gasteiger partial charge < -0.3 is 15.0 Å². The molecule has 0 spiro atoms. The van der Waals surface area contributed by atoms with Crippen molar-refractivity contribution in [2.75, 3.05) is 18.4 Å². The minimum Gasteiger partial charge on any atom is -0.444 e. The fraction of sp³-hybridized carbons (Fsp3) is 0.385. The maximum absolute atomic E-state index is 13.3. The average molecular weight is 549 g/mol. The quantitative estimate of drug-likeness (QED) is 0.263. The number of non-ortho nitro benzene ring substituents is 1. The number of pyridine rings is 1. The minimum absolute atomic E-state index is 0.123. The van der Waals surface area contributed by atoms with E-state index in [-0.39, 0.29) is 11.7 Å². The van der Waals surface area contributed by atoms with E-state index in [1.54, 1.807) is 29.4 Å². The second-order valence-corrected chi connectivity index (χ2v) is 11.1. The molecular weight excluding hydrogens is 521 g/mol. The lowest BCUT2D eigenvalue weighted by molar-refractivity contribution is -0.385. The van der Waals surface area contributed by atoms with E-state index in [4.69, 9.17) is 4.74 Å². The van der Waals surface area contributed by atoms with Gasteiger partial charge in [-0.2, -0.15) is 13.2 Å². The standard InChI is InChI=1S/C26H27F3N4O4S/c1-15(17-11-18(26(27,28)29)13-19(12-17)33(35)36)31-23-20-14-22(38-21(20)5-8-30-23)16-6-9-32(10-7-16)24(34)37-25(2,3)4/h5-6,8,11-15H,7,9-10H2,1-4H3,(H,30,31)/t15-/m1/s1. The molecule has 0 aliphatic carbocycles. The summed E-state index contributed by atoms with van der Waals surface area (Å²) in [7, 11) is 0. The zero-order chi connectivity index (χ0) is 27.8. The van der Waals surface area contributed by atoms with Crippen LogP contribution in [0.3, 0.4) is 0 Å². The molecule has 0 saturated carbocycles. The highest BCUT2D eigenvalue weighted by Crippen LogP contribution is 2.38. The number of hydrogen-bond donors (Lipinski definition) is 1. The summed E-state index contributed by atoms with van der Waals surface area (Å²) in [4.78, 5) is 29.8. The first-order chi connectivity index (χ1) is 17.7. The van der Waals surface area contributed by atoms with Crippen LogP contribution in [0.4, 0.5) is 29.5 Å². The molecular formula is C26H27F3N4O4S. The van der Waals surface area contributed by atoms with Crippen molar-refractivity contribution < 1.29 is 27.6 Å². The number of ether oxygens (including phenoxy) is 1.